The molecule has 0 aliphatic rings. The Labute approximate surface area is 132 Å². The van der Waals surface area contributed by atoms with Gasteiger partial charge in [-0.3, -0.25) is 9.59 Å². The maximum absolute atomic E-state index is 11.8. The maximum atomic E-state index is 11.8. The van der Waals surface area contributed by atoms with Crippen molar-refractivity contribution in [3.05, 3.63) is 57.2 Å². The number of carbonyl (C=O) groups is 2. The molecule has 3 nitrogen and oxygen atoms in total. The minimum Gasteiger partial charge on any atom is -0.356 e. The zero-order chi connectivity index (χ0) is 15.1. The van der Waals surface area contributed by atoms with Crippen LogP contribution in [0.3, 0.4) is 0 Å². The van der Waals surface area contributed by atoms with Crippen molar-refractivity contribution < 1.29 is 9.59 Å². The molecule has 5 heteroatoms. The molecule has 1 heterocycles. The molecule has 1 amide bonds. The van der Waals surface area contributed by atoms with Crippen LogP contribution in [0.2, 0.25) is 5.02 Å². The quantitative estimate of drug-likeness (QED) is 0.790. The van der Waals surface area contributed by atoms with E-state index in [1.54, 1.807) is 6.07 Å². The number of halogens is 1. The molecule has 0 aliphatic heterocycles. The molecule has 1 aromatic heterocycles. The average molecular weight is 322 g/mol. The molecule has 110 valence electrons. The van der Waals surface area contributed by atoms with Crippen molar-refractivity contribution >= 4 is 34.6 Å². The van der Waals surface area contributed by atoms with Crippen LogP contribution in [-0.4, -0.2) is 18.2 Å². The topological polar surface area (TPSA) is 46.2 Å². The molecule has 1 aromatic carbocycles. The first-order chi connectivity index (χ1) is 10.1. The molecule has 0 saturated heterocycles. The second-order valence-corrected chi connectivity index (χ2v) is 6.01. The van der Waals surface area contributed by atoms with Crippen molar-refractivity contribution in [2.45, 2.75) is 19.3 Å². The van der Waals surface area contributed by atoms with E-state index >= 15 is 0 Å². The number of nitrogens with one attached hydrogen (secondary N) is 1. The third-order valence-electron chi connectivity index (χ3n) is 3.02. The second-order valence-electron chi connectivity index (χ2n) is 4.63. The standard InChI is InChI=1S/C16H16ClNO2S/c17-13-5-3-12(4-6-13)9-10-18-16(20)8-7-14(19)15-2-1-11-21-15/h1-6,11H,7-10H2,(H,18,20). The number of hydrogen-bond donors (Lipinski definition) is 1. The van der Waals surface area contributed by atoms with Gasteiger partial charge in [0.25, 0.3) is 0 Å². The molecule has 21 heavy (non-hydrogen) atoms. The molecular formula is C16H16ClNO2S. The molecule has 0 atom stereocenters. The van der Waals surface area contributed by atoms with Crippen LogP contribution in [0.1, 0.15) is 28.1 Å². The van der Waals surface area contributed by atoms with Gasteiger partial charge in [-0.05, 0) is 35.6 Å². The zero-order valence-electron chi connectivity index (χ0n) is 11.5. The van der Waals surface area contributed by atoms with E-state index in [9.17, 15) is 9.59 Å². The van der Waals surface area contributed by atoms with Crippen molar-refractivity contribution in [3.63, 3.8) is 0 Å². The Kier molecular flexibility index (Phi) is 5.96. The van der Waals surface area contributed by atoms with Gasteiger partial charge < -0.3 is 5.32 Å². The lowest BCUT2D eigenvalue weighted by atomic mass is 10.1. The Balaban J connectivity index is 1.66. The summed E-state index contributed by atoms with van der Waals surface area (Å²) >= 11 is 7.22. The molecule has 2 aromatic rings. The lowest BCUT2D eigenvalue weighted by Crippen LogP contribution is -2.26. The third kappa shape index (κ3) is 5.33. The summed E-state index contributed by atoms with van der Waals surface area (Å²) in [6.07, 6.45) is 1.24. The maximum Gasteiger partial charge on any atom is 0.220 e. The summed E-state index contributed by atoms with van der Waals surface area (Å²) in [5.41, 5.74) is 1.12. The number of rotatable bonds is 7. The van der Waals surface area contributed by atoms with Crippen LogP contribution in [-0.2, 0) is 11.2 Å². The lowest BCUT2D eigenvalue weighted by molar-refractivity contribution is -0.121. The number of ketones is 1. The molecule has 0 fully saturated rings. The Morgan fingerprint density at radius 2 is 1.86 bits per heavy atom. The molecule has 0 radical (unpaired) electrons. The predicted octanol–water partition coefficient (Wildman–Crippen LogP) is 3.72. The fourth-order valence-corrected chi connectivity index (χ4v) is 2.69. The number of carbonyl (C=O) groups excluding carboxylic acids is 2. The van der Waals surface area contributed by atoms with Crippen LogP contribution < -0.4 is 5.32 Å². The van der Waals surface area contributed by atoms with Crippen LogP contribution in [0, 0.1) is 0 Å². The monoisotopic (exact) mass is 321 g/mol. The van der Waals surface area contributed by atoms with Crippen LogP contribution in [0.15, 0.2) is 41.8 Å². The third-order valence-corrected chi connectivity index (χ3v) is 4.19. The smallest absolute Gasteiger partial charge is 0.220 e. The van der Waals surface area contributed by atoms with Gasteiger partial charge >= 0.3 is 0 Å². The molecule has 0 bridgehead atoms. The van der Waals surface area contributed by atoms with E-state index in [2.05, 4.69) is 5.32 Å². The van der Waals surface area contributed by atoms with E-state index in [-0.39, 0.29) is 24.5 Å². The van der Waals surface area contributed by atoms with Gasteiger partial charge in [-0.2, -0.15) is 0 Å². The van der Waals surface area contributed by atoms with Crippen LogP contribution in [0.4, 0.5) is 0 Å². The molecule has 0 saturated carbocycles. The number of hydrogen-bond acceptors (Lipinski definition) is 3. The predicted molar refractivity (Wildman–Crippen MR) is 86.0 cm³/mol. The van der Waals surface area contributed by atoms with Crippen molar-refractivity contribution in [1.29, 1.82) is 0 Å². The Bertz CT molecular complexity index is 593. The van der Waals surface area contributed by atoms with Gasteiger partial charge in [0.1, 0.15) is 0 Å². The molecule has 0 aliphatic carbocycles. The van der Waals surface area contributed by atoms with E-state index in [1.807, 2.05) is 35.7 Å². The van der Waals surface area contributed by atoms with Gasteiger partial charge in [0.05, 0.1) is 4.88 Å². The highest BCUT2D eigenvalue weighted by molar-refractivity contribution is 7.12. The summed E-state index contributed by atoms with van der Waals surface area (Å²) in [5, 5.41) is 5.39. The summed E-state index contributed by atoms with van der Waals surface area (Å²) in [7, 11) is 0. The molecule has 0 spiro atoms. The number of benzene rings is 1. The van der Waals surface area contributed by atoms with Crippen molar-refractivity contribution in [2.75, 3.05) is 6.54 Å². The van der Waals surface area contributed by atoms with Gasteiger partial charge in [-0.15, -0.1) is 11.3 Å². The van der Waals surface area contributed by atoms with Gasteiger partial charge in [-0.25, -0.2) is 0 Å². The Morgan fingerprint density at radius 1 is 1.10 bits per heavy atom. The van der Waals surface area contributed by atoms with E-state index < -0.39 is 0 Å². The first-order valence-electron chi connectivity index (χ1n) is 6.73. The second kappa shape index (κ2) is 7.96. The van der Waals surface area contributed by atoms with Gasteiger partial charge in [0, 0.05) is 24.4 Å². The lowest BCUT2D eigenvalue weighted by Gasteiger charge is -2.05. The number of thiophene rings is 1. The first-order valence-corrected chi connectivity index (χ1v) is 7.99. The first kappa shape index (κ1) is 15.7. The highest BCUT2D eigenvalue weighted by atomic mass is 35.5. The van der Waals surface area contributed by atoms with E-state index in [0.717, 1.165) is 12.0 Å². The van der Waals surface area contributed by atoms with E-state index in [1.165, 1.54) is 11.3 Å². The SMILES string of the molecule is O=C(CCC(=O)c1cccs1)NCCc1ccc(Cl)cc1. The average Bonchev–Trinajstić information content (AvgIpc) is 3.01. The van der Waals surface area contributed by atoms with Gasteiger partial charge in [0.15, 0.2) is 5.78 Å². The van der Waals surface area contributed by atoms with Crippen molar-refractivity contribution in [3.8, 4) is 0 Å². The summed E-state index contributed by atoms with van der Waals surface area (Å²) in [4.78, 5) is 24.1. The molecular weight excluding hydrogens is 306 g/mol. The summed E-state index contributed by atoms with van der Waals surface area (Å²) < 4.78 is 0. The molecule has 2 rings (SSSR count). The molecule has 0 unspecified atom stereocenters. The van der Waals surface area contributed by atoms with Crippen molar-refractivity contribution in [2.24, 2.45) is 0 Å². The highest BCUT2D eigenvalue weighted by Crippen LogP contribution is 2.12. The normalized spacial score (nSPS) is 10.3. The van der Waals surface area contributed by atoms with Crippen LogP contribution >= 0.6 is 22.9 Å². The number of Topliss-reactive ketones (excluding diaryl/α,β-unsaturated/α-hetero) is 1. The summed E-state index contributed by atoms with van der Waals surface area (Å²) in [5.74, 6) is -0.0632. The van der Waals surface area contributed by atoms with Crippen LogP contribution in [0.25, 0.3) is 0 Å². The fourth-order valence-electron chi connectivity index (χ4n) is 1.87. The zero-order valence-corrected chi connectivity index (χ0v) is 13.0. The Morgan fingerprint density at radius 3 is 2.52 bits per heavy atom. The number of amides is 1. The minimum atomic E-state index is -0.0890. The van der Waals surface area contributed by atoms with Crippen molar-refractivity contribution in [1.82, 2.24) is 5.32 Å². The van der Waals surface area contributed by atoms with E-state index in [0.29, 0.717) is 16.4 Å². The minimum absolute atomic E-state index is 0.0258. The summed E-state index contributed by atoms with van der Waals surface area (Å²) in [6.45, 7) is 0.563. The Hall–Kier alpha value is -1.65. The molecule has 1 N–H and O–H groups in total. The van der Waals surface area contributed by atoms with Gasteiger partial charge in [0.2, 0.25) is 5.91 Å². The fraction of sp³-hybridized carbons (Fsp3) is 0.250. The largest absolute Gasteiger partial charge is 0.356 e. The van der Waals surface area contributed by atoms with E-state index in [4.69, 9.17) is 11.6 Å². The van der Waals surface area contributed by atoms with Crippen LogP contribution in [0.5, 0.6) is 0 Å². The van der Waals surface area contributed by atoms with Gasteiger partial charge in [-0.1, -0.05) is 29.8 Å². The highest BCUT2D eigenvalue weighted by Gasteiger charge is 2.09. The summed E-state index contributed by atoms with van der Waals surface area (Å²) in [6, 6.07) is 11.2.